The number of hydrogen-bond donors (Lipinski definition) is 0. The molecule has 0 bridgehead atoms. The molecule has 1 heterocycles. The Balaban J connectivity index is 0.000000545. The van der Waals surface area contributed by atoms with Crippen molar-refractivity contribution in [3.63, 3.8) is 0 Å². The molecule has 0 atom stereocenters. The van der Waals surface area contributed by atoms with Crippen LogP contribution in [-0.2, 0) is 0 Å². The lowest BCUT2D eigenvalue weighted by molar-refractivity contribution is 0.147. The second-order valence-corrected chi connectivity index (χ2v) is 6.47. The maximum Gasteiger partial charge on any atom is 0.146 e. The summed E-state index contributed by atoms with van der Waals surface area (Å²) < 4.78 is 13.8. The smallest absolute Gasteiger partial charge is 0.146 e. The van der Waals surface area contributed by atoms with Crippen LogP contribution in [0.1, 0.15) is 52.4 Å². The molecule has 1 aromatic carbocycles. The second kappa shape index (κ2) is 9.14. The van der Waals surface area contributed by atoms with E-state index >= 15 is 0 Å². The summed E-state index contributed by atoms with van der Waals surface area (Å²) in [7, 11) is 0. The molecule has 1 aliphatic carbocycles. The van der Waals surface area contributed by atoms with Crippen LogP contribution in [0.15, 0.2) is 24.3 Å². The molecule has 1 saturated heterocycles. The summed E-state index contributed by atoms with van der Waals surface area (Å²) in [4.78, 5) is 4.81. The fraction of sp³-hybridized carbons (Fsp3) is 0.684. The van der Waals surface area contributed by atoms with E-state index < -0.39 is 0 Å². The first kappa shape index (κ1) is 17.3. The summed E-state index contributed by atoms with van der Waals surface area (Å²) >= 11 is 0. The molecule has 3 rings (SSSR count). The summed E-state index contributed by atoms with van der Waals surface area (Å²) in [5, 5.41) is 0. The zero-order valence-electron chi connectivity index (χ0n) is 14.2. The third-order valence-corrected chi connectivity index (χ3v) is 4.60. The minimum absolute atomic E-state index is 0.0892. The van der Waals surface area contributed by atoms with Gasteiger partial charge in [-0.2, -0.15) is 0 Å². The summed E-state index contributed by atoms with van der Waals surface area (Å²) in [5.41, 5.74) is 0.769. The lowest BCUT2D eigenvalue weighted by Crippen LogP contribution is -2.51. The minimum Gasteiger partial charge on any atom is -0.367 e. The normalized spacial score (nSPS) is 20.4. The first-order valence-electron chi connectivity index (χ1n) is 8.99. The highest BCUT2D eigenvalue weighted by atomic mass is 19.1. The first-order valence-corrected chi connectivity index (χ1v) is 8.99. The molecule has 0 spiro atoms. The monoisotopic (exact) mass is 306 g/mol. The van der Waals surface area contributed by atoms with Crippen molar-refractivity contribution in [2.24, 2.45) is 0 Å². The van der Waals surface area contributed by atoms with E-state index in [0.717, 1.165) is 37.9 Å². The number of nitrogens with zero attached hydrogens (tertiary/aromatic N) is 2. The largest absolute Gasteiger partial charge is 0.367 e. The van der Waals surface area contributed by atoms with Gasteiger partial charge in [-0.3, -0.25) is 4.90 Å². The number of para-hydroxylation sites is 1. The molecule has 1 aromatic rings. The Labute approximate surface area is 135 Å². The summed E-state index contributed by atoms with van der Waals surface area (Å²) in [6.45, 7) is 8.33. The third-order valence-electron chi connectivity index (χ3n) is 4.60. The minimum atomic E-state index is -0.0892. The molecule has 0 aromatic heterocycles. The molecule has 0 radical (unpaired) electrons. The molecule has 0 amide bonds. The van der Waals surface area contributed by atoms with Gasteiger partial charge in [-0.15, -0.1) is 0 Å². The summed E-state index contributed by atoms with van der Waals surface area (Å²) in [6.07, 6.45) is 8.15. The number of rotatable bonds is 2. The fourth-order valence-corrected chi connectivity index (χ4v) is 3.48. The Morgan fingerprint density at radius 3 is 2.14 bits per heavy atom. The SMILES string of the molecule is CCC.Fc1ccccc1N1CCN(C2CCCCC2)CC1. The van der Waals surface area contributed by atoms with Crippen LogP contribution in [0.4, 0.5) is 10.1 Å². The van der Waals surface area contributed by atoms with Crippen LogP contribution in [0, 0.1) is 5.82 Å². The van der Waals surface area contributed by atoms with E-state index in [4.69, 9.17) is 0 Å². The van der Waals surface area contributed by atoms with Crippen LogP contribution in [0.5, 0.6) is 0 Å². The number of piperazine rings is 1. The number of halogens is 1. The predicted molar refractivity (Wildman–Crippen MR) is 93.0 cm³/mol. The maximum absolute atomic E-state index is 13.8. The predicted octanol–water partition coefficient (Wildman–Crippen LogP) is 4.70. The fourth-order valence-electron chi connectivity index (χ4n) is 3.48. The van der Waals surface area contributed by atoms with Crippen molar-refractivity contribution in [1.82, 2.24) is 4.90 Å². The molecule has 22 heavy (non-hydrogen) atoms. The molecule has 0 unspecified atom stereocenters. The standard InChI is InChI=1S/C16H23FN2.C3H8/c17-15-8-4-5-9-16(15)19-12-10-18(11-13-19)14-6-2-1-3-7-14;1-3-2/h4-5,8-9,14H,1-3,6-7,10-13H2;3H2,1-2H3. The van der Waals surface area contributed by atoms with Crippen LogP contribution >= 0.6 is 0 Å². The molecule has 2 fully saturated rings. The van der Waals surface area contributed by atoms with E-state index in [-0.39, 0.29) is 5.82 Å². The molecular formula is C19H31FN2. The number of anilines is 1. The zero-order chi connectivity index (χ0) is 15.8. The Morgan fingerprint density at radius 2 is 1.55 bits per heavy atom. The molecule has 1 saturated carbocycles. The van der Waals surface area contributed by atoms with E-state index in [1.54, 1.807) is 12.1 Å². The lowest BCUT2D eigenvalue weighted by Gasteiger charge is -2.41. The number of hydrogen-bond acceptors (Lipinski definition) is 2. The van der Waals surface area contributed by atoms with Gasteiger partial charge in [0.2, 0.25) is 0 Å². The van der Waals surface area contributed by atoms with E-state index in [9.17, 15) is 4.39 Å². The van der Waals surface area contributed by atoms with E-state index in [1.165, 1.54) is 38.5 Å². The van der Waals surface area contributed by atoms with Gasteiger partial charge in [0.05, 0.1) is 5.69 Å². The Hall–Kier alpha value is -1.09. The second-order valence-electron chi connectivity index (χ2n) is 6.47. The van der Waals surface area contributed by atoms with Crippen LogP contribution < -0.4 is 4.90 Å². The van der Waals surface area contributed by atoms with Gasteiger partial charge >= 0.3 is 0 Å². The van der Waals surface area contributed by atoms with Crippen molar-refractivity contribution in [2.45, 2.75) is 58.4 Å². The molecular weight excluding hydrogens is 275 g/mol. The molecule has 3 heteroatoms. The van der Waals surface area contributed by atoms with Gasteiger partial charge in [0, 0.05) is 32.2 Å². The molecule has 2 aliphatic rings. The van der Waals surface area contributed by atoms with Crippen molar-refractivity contribution in [3.8, 4) is 0 Å². The van der Waals surface area contributed by atoms with E-state index in [0.29, 0.717) is 0 Å². The molecule has 1 aliphatic heterocycles. The molecule has 124 valence electrons. The van der Waals surface area contributed by atoms with Gasteiger partial charge in [-0.05, 0) is 25.0 Å². The van der Waals surface area contributed by atoms with E-state index in [2.05, 4.69) is 23.6 Å². The van der Waals surface area contributed by atoms with Crippen molar-refractivity contribution in [2.75, 3.05) is 31.1 Å². The average Bonchev–Trinajstić information content (AvgIpc) is 2.57. The summed E-state index contributed by atoms with van der Waals surface area (Å²) in [6, 6.07) is 7.92. The van der Waals surface area contributed by atoms with Gasteiger partial charge in [0.25, 0.3) is 0 Å². The molecule has 2 nitrogen and oxygen atoms in total. The van der Waals surface area contributed by atoms with Crippen molar-refractivity contribution in [3.05, 3.63) is 30.1 Å². The van der Waals surface area contributed by atoms with Gasteiger partial charge < -0.3 is 4.90 Å². The Bertz CT molecular complexity index is 421. The maximum atomic E-state index is 13.8. The van der Waals surface area contributed by atoms with Gasteiger partial charge in [-0.1, -0.05) is 51.7 Å². The average molecular weight is 306 g/mol. The van der Waals surface area contributed by atoms with E-state index in [1.807, 2.05) is 12.1 Å². The number of benzene rings is 1. The van der Waals surface area contributed by atoms with Crippen LogP contribution in [0.3, 0.4) is 0 Å². The van der Waals surface area contributed by atoms with Crippen LogP contribution in [-0.4, -0.2) is 37.1 Å². The first-order chi connectivity index (χ1) is 10.8. The van der Waals surface area contributed by atoms with Crippen molar-refractivity contribution < 1.29 is 4.39 Å². The van der Waals surface area contributed by atoms with Gasteiger partial charge in [-0.25, -0.2) is 4.39 Å². The topological polar surface area (TPSA) is 6.48 Å². The van der Waals surface area contributed by atoms with Crippen molar-refractivity contribution >= 4 is 5.69 Å². The van der Waals surface area contributed by atoms with Gasteiger partial charge in [0.1, 0.15) is 5.82 Å². The lowest BCUT2D eigenvalue weighted by atomic mass is 9.94. The highest BCUT2D eigenvalue weighted by Crippen LogP contribution is 2.25. The zero-order valence-corrected chi connectivity index (χ0v) is 14.2. The van der Waals surface area contributed by atoms with Crippen LogP contribution in [0.25, 0.3) is 0 Å². The van der Waals surface area contributed by atoms with Crippen LogP contribution in [0.2, 0.25) is 0 Å². The highest BCUT2D eigenvalue weighted by molar-refractivity contribution is 5.48. The highest BCUT2D eigenvalue weighted by Gasteiger charge is 2.25. The van der Waals surface area contributed by atoms with Gasteiger partial charge in [0.15, 0.2) is 0 Å². The Kier molecular flexibility index (Phi) is 7.17. The summed E-state index contributed by atoms with van der Waals surface area (Å²) in [5.74, 6) is -0.0892. The molecule has 0 N–H and O–H groups in total. The third kappa shape index (κ3) is 4.70. The Morgan fingerprint density at radius 1 is 0.955 bits per heavy atom. The van der Waals surface area contributed by atoms with Crippen molar-refractivity contribution in [1.29, 1.82) is 0 Å². The quantitative estimate of drug-likeness (QED) is 0.781.